The number of fused-ring (bicyclic) bond motifs is 1. The average molecular weight is 288 g/mol. The molecule has 3 atom stereocenters. The third-order valence-electron chi connectivity index (χ3n) is 4.12. The maximum Gasteiger partial charge on any atom is 0.407 e. The molecule has 4 nitrogen and oxygen atoms in total. The highest BCUT2D eigenvalue weighted by atomic mass is 16.5. The number of nitrogens with zero attached hydrogens (tertiary/aromatic N) is 1. The minimum Gasteiger partial charge on any atom is -0.453 e. The molecule has 1 aliphatic rings. The van der Waals surface area contributed by atoms with Crippen LogP contribution in [0.25, 0.3) is 0 Å². The quantitative estimate of drug-likeness (QED) is 0.844. The average Bonchev–Trinajstić information content (AvgIpc) is 2.47. The van der Waals surface area contributed by atoms with Crippen molar-refractivity contribution in [2.75, 3.05) is 7.11 Å². The maximum absolute atomic E-state index is 11.5. The highest BCUT2D eigenvalue weighted by Gasteiger charge is 2.27. The molecule has 1 heterocycles. The van der Waals surface area contributed by atoms with Gasteiger partial charge in [-0.05, 0) is 49.1 Å². The smallest absolute Gasteiger partial charge is 0.407 e. The molecule has 21 heavy (non-hydrogen) atoms. The summed E-state index contributed by atoms with van der Waals surface area (Å²) in [5, 5.41) is 2.91. The maximum atomic E-state index is 11.5. The number of aromatic nitrogens is 1. The number of alkyl carbamates (subject to hydrolysis) is 1. The molecule has 0 bridgehead atoms. The van der Waals surface area contributed by atoms with Crippen molar-refractivity contribution in [2.24, 2.45) is 5.92 Å². The van der Waals surface area contributed by atoms with Crippen molar-refractivity contribution in [1.82, 2.24) is 10.3 Å². The molecular weight excluding hydrogens is 264 g/mol. The van der Waals surface area contributed by atoms with Crippen LogP contribution in [0.5, 0.6) is 0 Å². The monoisotopic (exact) mass is 288 g/mol. The van der Waals surface area contributed by atoms with Gasteiger partial charge in [0.2, 0.25) is 0 Å². The Labute approximate surface area is 126 Å². The molecule has 114 valence electrons. The molecule has 0 saturated carbocycles. The fourth-order valence-electron chi connectivity index (χ4n) is 3.23. The lowest BCUT2D eigenvalue weighted by Crippen LogP contribution is -2.36. The van der Waals surface area contributed by atoms with Gasteiger partial charge < -0.3 is 10.1 Å². The fourth-order valence-corrected chi connectivity index (χ4v) is 3.23. The van der Waals surface area contributed by atoms with Gasteiger partial charge in [0.1, 0.15) is 0 Å². The lowest BCUT2D eigenvalue weighted by Gasteiger charge is -2.31. The molecule has 0 aliphatic heterocycles. The molecule has 2 rings (SSSR count). The first-order chi connectivity index (χ1) is 10.1. The molecule has 0 spiro atoms. The van der Waals surface area contributed by atoms with E-state index in [1.807, 2.05) is 18.3 Å². The summed E-state index contributed by atoms with van der Waals surface area (Å²) in [5.74, 6) is 1.06. The molecule has 0 radical (unpaired) electrons. The summed E-state index contributed by atoms with van der Waals surface area (Å²) in [6, 6.07) is 4.22. The van der Waals surface area contributed by atoms with E-state index < -0.39 is 0 Å². The van der Waals surface area contributed by atoms with Crippen molar-refractivity contribution in [3.8, 4) is 0 Å². The number of hydrogen-bond donors (Lipinski definition) is 1. The van der Waals surface area contributed by atoms with Crippen molar-refractivity contribution in [1.29, 1.82) is 0 Å². The summed E-state index contributed by atoms with van der Waals surface area (Å²) in [4.78, 5) is 16.0. The Hall–Kier alpha value is -1.84. The van der Waals surface area contributed by atoms with E-state index in [-0.39, 0.29) is 12.1 Å². The lowest BCUT2D eigenvalue weighted by molar-refractivity contribution is 0.165. The number of carbonyl (C=O) groups is 1. The molecule has 0 saturated heterocycles. The molecule has 0 aromatic carbocycles. The second kappa shape index (κ2) is 7.25. The van der Waals surface area contributed by atoms with E-state index in [1.165, 1.54) is 18.4 Å². The Kier molecular flexibility index (Phi) is 5.37. The van der Waals surface area contributed by atoms with Gasteiger partial charge in [0, 0.05) is 17.9 Å². The van der Waals surface area contributed by atoms with Crippen molar-refractivity contribution < 1.29 is 9.53 Å². The van der Waals surface area contributed by atoms with Gasteiger partial charge in [0.05, 0.1) is 7.11 Å². The van der Waals surface area contributed by atoms with Crippen LogP contribution in [-0.2, 0) is 11.2 Å². The molecule has 4 heteroatoms. The Morgan fingerprint density at radius 3 is 3.19 bits per heavy atom. The molecule has 0 fully saturated rings. The van der Waals surface area contributed by atoms with Gasteiger partial charge in [-0.2, -0.15) is 0 Å². The van der Waals surface area contributed by atoms with Crippen LogP contribution >= 0.6 is 0 Å². The first kappa shape index (κ1) is 15.5. The zero-order chi connectivity index (χ0) is 15.2. The number of pyridine rings is 1. The van der Waals surface area contributed by atoms with E-state index >= 15 is 0 Å². The van der Waals surface area contributed by atoms with Crippen LogP contribution in [0.1, 0.15) is 43.4 Å². The Morgan fingerprint density at radius 1 is 1.67 bits per heavy atom. The number of rotatable bonds is 5. The predicted octanol–water partition coefficient (Wildman–Crippen LogP) is 3.44. The van der Waals surface area contributed by atoms with Crippen molar-refractivity contribution >= 4 is 6.09 Å². The standard InChI is InChI=1S/C17H24N2O2/c1-4-6-14(19-17(20)21-3)11-13-9-12(2)10-16-15(13)7-5-8-18-16/h4-5,7-8,12-14H,1,6,9-11H2,2-3H3,(H,19,20)/t12-,13-,14+/m1/s1. The zero-order valence-electron chi connectivity index (χ0n) is 12.8. The topological polar surface area (TPSA) is 51.2 Å². The number of methoxy groups -OCH3 is 1. The summed E-state index contributed by atoms with van der Waals surface area (Å²) in [7, 11) is 1.39. The first-order valence-corrected chi connectivity index (χ1v) is 7.53. The van der Waals surface area contributed by atoms with Crippen LogP contribution in [0.3, 0.4) is 0 Å². The predicted molar refractivity (Wildman–Crippen MR) is 83.2 cm³/mol. The molecule has 1 aliphatic carbocycles. The summed E-state index contributed by atoms with van der Waals surface area (Å²) >= 11 is 0. The number of ether oxygens (including phenoxy) is 1. The molecule has 1 aromatic rings. The van der Waals surface area contributed by atoms with Gasteiger partial charge in [-0.3, -0.25) is 4.98 Å². The highest BCUT2D eigenvalue weighted by Crippen LogP contribution is 2.36. The van der Waals surface area contributed by atoms with Crippen LogP contribution in [0.15, 0.2) is 31.0 Å². The fraction of sp³-hybridized carbons (Fsp3) is 0.529. The molecule has 1 amide bonds. The van der Waals surface area contributed by atoms with Gasteiger partial charge in [0.15, 0.2) is 0 Å². The molecular formula is C17H24N2O2. The highest BCUT2D eigenvalue weighted by molar-refractivity contribution is 5.67. The third kappa shape index (κ3) is 4.06. The Bertz CT molecular complexity index is 501. The summed E-state index contributed by atoms with van der Waals surface area (Å²) in [5.41, 5.74) is 2.54. The Balaban J connectivity index is 2.12. The number of carbonyl (C=O) groups excluding carboxylic acids is 1. The minimum absolute atomic E-state index is 0.0540. The van der Waals surface area contributed by atoms with E-state index in [4.69, 9.17) is 4.74 Å². The van der Waals surface area contributed by atoms with Gasteiger partial charge in [-0.25, -0.2) is 4.79 Å². The summed E-state index contributed by atoms with van der Waals surface area (Å²) in [6.07, 6.45) is 7.15. The minimum atomic E-state index is -0.378. The SMILES string of the molecule is C=CC[C@@H](C[C@H]1C[C@@H](C)Cc2ncccc21)NC(=O)OC. The van der Waals surface area contributed by atoms with E-state index in [0.717, 1.165) is 25.7 Å². The molecule has 1 N–H and O–H groups in total. The summed E-state index contributed by atoms with van der Waals surface area (Å²) < 4.78 is 4.71. The van der Waals surface area contributed by atoms with Crippen molar-refractivity contribution in [3.05, 3.63) is 42.2 Å². The first-order valence-electron chi connectivity index (χ1n) is 7.53. The zero-order valence-corrected chi connectivity index (χ0v) is 12.8. The van der Waals surface area contributed by atoms with Crippen LogP contribution in [0.2, 0.25) is 0 Å². The molecule has 1 aromatic heterocycles. The van der Waals surface area contributed by atoms with Gasteiger partial charge in [-0.15, -0.1) is 6.58 Å². The number of nitrogens with one attached hydrogen (secondary N) is 1. The number of hydrogen-bond acceptors (Lipinski definition) is 3. The second-order valence-electron chi connectivity index (χ2n) is 5.87. The van der Waals surface area contributed by atoms with Crippen LogP contribution < -0.4 is 5.32 Å². The van der Waals surface area contributed by atoms with Crippen molar-refractivity contribution in [3.63, 3.8) is 0 Å². The second-order valence-corrected chi connectivity index (χ2v) is 5.87. The Morgan fingerprint density at radius 2 is 2.48 bits per heavy atom. The van der Waals surface area contributed by atoms with E-state index in [9.17, 15) is 4.79 Å². The van der Waals surface area contributed by atoms with Crippen LogP contribution in [-0.4, -0.2) is 24.2 Å². The van der Waals surface area contributed by atoms with Crippen molar-refractivity contribution in [2.45, 2.75) is 44.6 Å². The third-order valence-corrected chi connectivity index (χ3v) is 4.12. The molecule has 0 unspecified atom stereocenters. The van der Waals surface area contributed by atoms with E-state index in [2.05, 4.69) is 29.9 Å². The van der Waals surface area contributed by atoms with Gasteiger partial charge >= 0.3 is 6.09 Å². The van der Waals surface area contributed by atoms with Gasteiger partial charge in [-0.1, -0.05) is 19.1 Å². The van der Waals surface area contributed by atoms with E-state index in [1.54, 1.807) is 0 Å². The lowest BCUT2D eigenvalue weighted by atomic mass is 9.77. The van der Waals surface area contributed by atoms with Crippen LogP contribution in [0, 0.1) is 5.92 Å². The number of amides is 1. The largest absolute Gasteiger partial charge is 0.453 e. The van der Waals surface area contributed by atoms with E-state index in [0.29, 0.717) is 11.8 Å². The summed E-state index contributed by atoms with van der Waals surface area (Å²) in [6.45, 7) is 6.05. The normalized spacial score (nSPS) is 22.0. The van der Waals surface area contributed by atoms with Gasteiger partial charge in [0.25, 0.3) is 0 Å². The van der Waals surface area contributed by atoms with Crippen LogP contribution in [0.4, 0.5) is 4.79 Å².